The molecular weight excluding hydrogens is 478 g/mol. The highest BCUT2D eigenvalue weighted by Crippen LogP contribution is 2.40. The van der Waals surface area contributed by atoms with E-state index in [0.717, 1.165) is 35.6 Å². The van der Waals surface area contributed by atoms with Gasteiger partial charge < -0.3 is 10.1 Å². The molecule has 1 aliphatic heterocycles. The smallest absolute Gasteiger partial charge is 0.242 e. The third-order valence-electron chi connectivity index (χ3n) is 7.23. The first kappa shape index (κ1) is 26.0. The first-order chi connectivity index (χ1) is 17.3. The molecule has 3 atom stereocenters. The largest absolute Gasteiger partial charge is 0.309 e. The van der Waals surface area contributed by atoms with Crippen LogP contribution in [0.1, 0.15) is 55.6 Å². The Morgan fingerprint density at radius 3 is 2.69 bits per heavy atom. The van der Waals surface area contributed by atoms with Crippen molar-refractivity contribution in [2.24, 2.45) is 5.92 Å². The van der Waals surface area contributed by atoms with Crippen LogP contribution in [0.5, 0.6) is 0 Å². The minimum absolute atomic E-state index is 0.0314. The number of aryl methyl sites for hydroxylation is 1. The van der Waals surface area contributed by atoms with Crippen molar-refractivity contribution < 1.29 is 14.4 Å². The van der Waals surface area contributed by atoms with Gasteiger partial charge in [-0.1, -0.05) is 37.1 Å². The second-order valence-corrected chi connectivity index (χ2v) is 9.86. The number of benzene rings is 1. The topological polar surface area (TPSA) is 97.2 Å². The van der Waals surface area contributed by atoms with E-state index in [9.17, 15) is 14.4 Å². The first-order valence-corrected chi connectivity index (χ1v) is 12.8. The molecular formula is C27H32ClN5O3. The van der Waals surface area contributed by atoms with Gasteiger partial charge in [0.05, 0.1) is 18.1 Å². The number of ketones is 1. The highest BCUT2D eigenvalue weighted by Gasteiger charge is 2.44. The second kappa shape index (κ2) is 11.3. The Morgan fingerprint density at radius 2 is 2.03 bits per heavy atom. The number of nitrogens with one attached hydrogen (secondary N) is 1. The van der Waals surface area contributed by atoms with E-state index in [1.165, 1.54) is 26.2 Å². The fourth-order valence-corrected chi connectivity index (χ4v) is 5.57. The van der Waals surface area contributed by atoms with Gasteiger partial charge in [-0.2, -0.15) is 5.10 Å². The van der Waals surface area contributed by atoms with Crippen molar-refractivity contribution in [2.45, 2.75) is 64.6 Å². The number of likely N-dealkylation sites (N-methyl/N-ethyl adjacent to an activating group) is 1. The molecule has 1 aliphatic carbocycles. The number of Topliss-reactive ketones (excluding diaryl/α,β-unsaturated/α-hetero) is 1. The fraction of sp³-hybridized carbons (Fsp3) is 0.444. The number of rotatable bonds is 6. The molecule has 3 aromatic rings. The molecule has 3 heterocycles. The predicted molar refractivity (Wildman–Crippen MR) is 140 cm³/mol. The maximum atomic E-state index is 12.3. The highest BCUT2D eigenvalue weighted by molar-refractivity contribution is 6.29. The van der Waals surface area contributed by atoms with Gasteiger partial charge >= 0.3 is 0 Å². The van der Waals surface area contributed by atoms with Gasteiger partial charge in [-0.15, -0.1) is 0 Å². The SMILES string of the molecule is CCc1ccc2c(c1)c(C(C)=O)nn2CC=O.CN1C(C(=O)Nc2cccc(Cl)n2)CC2CCCC21. The number of anilines is 1. The molecule has 5 rings (SSSR count). The highest BCUT2D eigenvalue weighted by atomic mass is 35.5. The summed E-state index contributed by atoms with van der Waals surface area (Å²) in [6, 6.07) is 11.7. The van der Waals surface area contributed by atoms with Gasteiger partial charge in [0.1, 0.15) is 23.0 Å². The Bertz CT molecular complexity index is 1270. The summed E-state index contributed by atoms with van der Waals surface area (Å²) in [6.07, 6.45) is 6.43. The molecule has 1 aromatic carbocycles. The van der Waals surface area contributed by atoms with Gasteiger partial charge in [-0.05, 0) is 68.5 Å². The van der Waals surface area contributed by atoms with Gasteiger partial charge in [0.15, 0.2) is 5.78 Å². The van der Waals surface area contributed by atoms with Crippen molar-refractivity contribution in [2.75, 3.05) is 12.4 Å². The lowest BCUT2D eigenvalue weighted by atomic mass is 10.0. The van der Waals surface area contributed by atoms with Crippen LogP contribution < -0.4 is 5.32 Å². The summed E-state index contributed by atoms with van der Waals surface area (Å²) >= 11 is 5.82. The van der Waals surface area contributed by atoms with Crippen LogP contribution >= 0.6 is 11.6 Å². The molecule has 0 radical (unpaired) electrons. The Labute approximate surface area is 216 Å². The Kier molecular flexibility index (Phi) is 8.16. The number of amides is 1. The third-order valence-corrected chi connectivity index (χ3v) is 7.44. The number of fused-ring (bicyclic) bond motifs is 2. The molecule has 190 valence electrons. The molecule has 36 heavy (non-hydrogen) atoms. The molecule has 0 bridgehead atoms. The number of aromatic nitrogens is 3. The number of carbonyl (C=O) groups excluding carboxylic acids is 3. The number of pyridine rings is 1. The molecule has 8 nitrogen and oxygen atoms in total. The number of aldehydes is 1. The minimum atomic E-state index is -0.0760. The maximum absolute atomic E-state index is 12.3. The summed E-state index contributed by atoms with van der Waals surface area (Å²) in [4.78, 5) is 40.7. The van der Waals surface area contributed by atoms with Crippen molar-refractivity contribution in [3.8, 4) is 0 Å². The van der Waals surface area contributed by atoms with Gasteiger partial charge in [0, 0.05) is 18.4 Å². The van der Waals surface area contributed by atoms with Gasteiger partial charge in [0.2, 0.25) is 5.91 Å². The number of hydrogen-bond acceptors (Lipinski definition) is 6. The van der Waals surface area contributed by atoms with E-state index in [4.69, 9.17) is 11.6 Å². The zero-order valence-electron chi connectivity index (χ0n) is 20.9. The normalized spacial score (nSPS) is 21.1. The maximum Gasteiger partial charge on any atom is 0.242 e. The molecule has 2 fully saturated rings. The molecule has 2 aliphatic rings. The monoisotopic (exact) mass is 509 g/mol. The summed E-state index contributed by atoms with van der Waals surface area (Å²) in [5.41, 5.74) is 2.43. The fourth-order valence-electron chi connectivity index (χ4n) is 5.41. The van der Waals surface area contributed by atoms with Crippen molar-refractivity contribution in [3.63, 3.8) is 0 Å². The van der Waals surface area contributed by atoms with Gasteiger partial charge in [0.25, 0.3) is 0 Å². The van der Waals surface area contributed by atoms with Crippen LogP contribution in [0.3, 0.4) is 0 Å². The number of nitrogens with zero attached hydrogens (tertiary/aromatic N) is 4. The third kappa shape index (κ3) is 5.50. The molecule has 3 unspecified atom stereocenters. The van der Waals surface area contributed by atoms with E-state index in [0.29, 0.717) is 28.6 Å². The van der Waals surface area contributed by atoms with Crippen LogP contribution in [0.25, 0.3) is 10.9 Å². The number of likely N-dealkylation sites (tertiary alicyclic amines) is 1. The van der Waals surface area contributed by atoms with E-state index in [2.05, 4.69) is 34.3 Å². The summed E-state index contributed by atoms with van der Waals surface area (Å²) in [5, 5.41) is 8.29. The van der Waals surface area contributed by atoms with E-state index in [1.807, 2.05) is 18.2 Å². The van der Waals surface area contributed by atoms with E-state index in [1.54, 1.807) is 22.9 Å². The molecule has 0 spiro atoms. The van der Waals surface area contributed by atoms with Crippen LogP contribution in [-0.4, -0.2) is 56.8 Å². The Balaban J connectivity index is 0.000000170. The van der Waals surface area contributed by atoms with Crippen LogP contribution in [0.4, 0.5) is 5.82 Å². The van der Waals surface area contributed by atoms with E-state index in [-0.39, 0.29) is 24.3 Å². The lowest BCUT2D eigenvalue weighted by Crippen LogP contribution is -2.40. The molecule has 1 amide bonds. The molecule has 1 saturated heterocycles. The zero-order valence-corrected chi connectivity index (χ0v) is 21.7. The summed E-state index contributed by atoms with van der Waals surface area (Å²) in [5.74, 6) is 1.18. The summed E-state index contributed by atoms with van der Waals surface area (Å²) in [7, 11) is 2.06. The Hall–Kier alpha value is -3.10. The standard InChI is InChI=1S/C14H18ClN3O.C13H14N2O2/c1-18-10-5-2-4-9(10)8-11(18)14(19)17-13-7-3-6-12(15)16-13;1-3-10-4-5-12-11(8-10)13(9(2)17)14-15(12)6-7-16/h3,6-7,9-11H,2,4-5,8H2,1H3,(H,16,17,19);4-5,7-8H,3,6H2,1-2H3. The Morgan fingerprint density at radius 1 is 1.22 bits per heavy atom. The van der Waals surface area contributed by atoms with E-state index >= 15 is 0 Å². The van der Waals surface area contributed by atoms with Crippen molar-refractivity contribution in [1.29, 1.82) is 0 Å². The molecule has 1 saturated carbocycles. The quantitative estimate of drug-likeness (QED) is 0.297. The van der Waals surface area contributed by atoms with Gasteiger partial charge in [-0.3, -0.25) is 19.2 Å². The lowest BCUT2D eigenvalue weighted by Gasteiger charge is -2.23. The number of carbonyl (C=O) groups is 3. The summed E-state index contributed by atoms with van der Waals surface area (Å²) < 4.78 is 1.57. The van der Waals surface area contributed by atoms with Crippen molar-refractivity contribution in [1.82, 2.24) is 19.7 Å². The predicted octanol–water partition coefficient (Wildman–Crippen LogP) is 4.55. The first-order valence-electron chi connectivity index (χ1n) is 12.4. The van der Waals surface area contributed by atoms with Crippen LogP contribution in [-0.2, 0) is 22.6 Å². The van der Waals surface area contributed by atoms with Crippen molar-refractivity contribution >= 4 is 46.3 Å². The van der Waals surface area contributed by atoms with Crippen molar-refractivity contribution in [3.05, 3.63) is 52.8 Å². The van der Waals surface area contributed by atoms with Crippen LogP contribution in [0, 0.1) is 5.92 Å². The molecule has 9 heteroatoms. The average molecular weight is 510 g/mol. The second-order valence-electron chi connectivity index (χ2n) is 9.47. The molecule has 1 N–H and O–H groups in total. The lowest BCUT2D eigenvalue weighted by molar-refractivity contribution is -0.120. The zero-order chi connectivity index (χ0) is 25.8. The van der Waals surface area contributed by atoms with Crippen LogP contribution in [0.15, 0.2) is 36.4 Å². The number of hydrogen-bond donors (Lipinski definition) is 1. The van der Waals surface area contributed by atoms with Gasteiger partial charge in [-0.25, -0.2) is 4.98 Å². The van der Waals surface area contributed by atoms with Crippen LogP contribution in [0.2, 0.25) is 5.15 Å². The average Bonchev–Trinajstić information content (AvgIpc) is 3.54. The summed E-state index contributed by atoms with van der Waals surface area (Å²) in [6.45, 7) is 3.73. The number of halogens is 1. The molecule has 2 aromatic heterocycles. The van der Waals surface area contributed by atoms with E-state index < -0.39 is 0 Å². The minimum Gasteiger partial charge on any atom is -0.309 e.